The molecule has 26 heavy (non-hydrogen) atoms. The molecule has 3 aromatic rings. The highest BCUT2D eigenvalue weighted by molar-refractivity contribution is 7.19. The zero-order valence-electron chi connectivity index (χ0n) is 13.7. The van der Waals surface area contributed by atoms with Gasteiger partial charge in [0, 0.05) is 12.1 Å². The molecule has 1 aliphatic rings. The molecule has 0 fully saturated rings. The highest BCUT2D eigenvalue weighted by atomic mass is 32.1. The minimum absolute atomic E-state index is 0.0546. The highest BCUT2D eigenvalue weighted by Gasteiger charge is 2.25. The first-order valence-corrected chi connectivity index (χ1v) is 9.25. The second-order valence-corrected chi connectivity index (χ2v) is 7.59. The van der Waals surface area contributed by atoms with Crippen molar-refractivity contribution < 1.29 is 14.7 Å². The number of fused-ring (bicyclic) bond motifs is 1. The standard InChI is InChI=1S/C17H12N4O3S2/c1-7-12(8(2)22)25-16(18-7)21-17-20-15(24)13(26-17)11-9-5-3-4-6-10(9)19-14(11)23/h3-6,24H,1-2H3,(H,18,20,21). The van der Waals surface area contributed by atoms with Crippen molar-refractivity contribution in [3.63, 3.8) is 0 Å². The predicted octanol–water partition coefficient (Wildman–Crippen LogP) is 1.92. The van der Waals surface area contributed by atoms with Gasteiger partial charge in [-0.3, -0.25) is 9.59 Å². The van der Waals surface area contributed by atoms with Crippen molar-refractivity contribution in [2.45, 2.75) is 13.8 Å². The quantitative estimate of drug-likeness (QED) is 0.666. The van der Waals surface area contributed by atoms with Crippen LogP contribution < -0.4 is 15.9 Å². The number of nitrogens with zero attached hydrogens (tertiary/aromatic N) is 3. The second-order valence-electron chi connectivity index (χ2n) is 5.60. The number of carbonyl (C=O) groups is 2. The lowest BCUT2D eigenvalue weighted by Gasteiger charge is -1.96. The Morgan fingerprint density at radius 3 is 2.62 bits per heavy atom. The summed E-state index contributed by atoms with van der Waals surface area (Å²) < 4.78 is 0. The van der Waals surface area contributed by atoms with E-state index in [2.05, 4.69) is 20.3 Å². The molecule has 0 atom stereocenters. The first kappa shape index (κ1) is 16.6. The summed E-state index contributed by atoms with van der Waals surface area (Å²) in [7, 11) is 0. The Hall–Kier alpha value is -2.91. The van der Waals surface area contributed by atoms with Gasteiger partial charge in [0.25, 0.3) is 5.91 Å². The molecular formula is C17H12N4O3S2. The van der Waals surface area contributed by atoms with Crippen LogP contribution in [0.3, 0.4) is 0 Å². The molecule has 0 radical (unpaired) electrons. The summed E-state index contributed by atoms with van der Waals surface area (Å²) in [5.74, 6) is -0.700. The van der Waals surface area contributed by atoms with Crippen LogP contribution in [0.15, 0.2) is 29.3 Å². The van der Waals surface area contributed by atoms with E-state index in [0.717, 1.165) is 11.3 Å². The largest absolute Gasteiger partial charge is 0.492 e. The lowest BCUT2D eigenvalue weighted by atomic mass is 10.1. The Kier molecular flexibility index (Phi) is 3.89. The zero-order valence-corrected chi connectivity index (χ0v) is 15.4. The first-order chi connectivity index (χ1) is 12.4. The molecule has 0 bridgehead atoms. The second kappa shape index (κ2) is 6.11. The van der Waals surface area contributed by atoms with E-state index in [1.165, 1.54) is 18.3 Å². The summed E-state index contributed by atoms with van der Waals surface area (Å²) in [5.41, 5.74) is 0.975. The molecule has 0 aliphatic carbocycles. The molecule has 0 saturated heterocycles. The number of para-hydroxylation sites is 1. The van der Waals surface area contributed by atoms with Crippen LogP contribution in [-0.4, -0.2) is 26.8 Å². The molecule has 0 spiro atoms. The van der Waals surface area contributed by atoms with Crippen molar-refractivity contribution in [1.82, 2.24) is 9.97 Å². The Labute approximate surface area is 155 Å². The van der Waals surface area contributed by atoms with Crippen LogP contribution in [0.4, 0.5) is 10.3 Å². The van der Waals surface area contributed by atoms with Gasteiger partial charge in [0.2, 0.25) is 5.88 Å². The average Bonchev–Trinajstić information content (AvgIpc) is 3.22. The summed E-state index contributed by atoms with van der Waals surface area (Å²) in [5, 5.41) is 15.4. The summed E-state index contributed by atoms with van der Waals surface area (Å²) in [6, 6.07) is 7.15. The lowest BCUT2D eigenvalue weighted by Crippen LogP contribution is -2.22. The van der Waals surface area contributed by atoms with Crippen molar-refractivity contribution >= 4 is 50.2 Å². The fourth-order valence-electron chi connectivity index (χ4n) is 2.68. The molecule has 2 N–H and O–H groups in total. The maximum atomic E-state index is 12.3. The number of carbonyl (C=O) groups excluding carboxylic acids is 2. The van der Waals surface area contributed by atoms with Gasteiger partial charge in [-0.15, -0.1) is 0 Å². The molecule has 9 heteroatoms. The van der Waals surface area contributed by atoms with Crippen LogP contribution in [0.1, 0.15) is 27.2 Å². The molecule has 3 heterocycles. The predicted molar refractivity (Wildman–Crippen MR) is 98.7 cm³/mol. The number of Topliss-reactive ketones (excluding diaryl/α,β-unsaturated/α-hetero) is 1. The third kappa shape index (κ3) is 2.71. The molecule has 4 rings (SSSR count). The number of thiazole rings is 2. The molecule has 130 valence electrons. The Balaban J connectivity index is 1.74. The minimum Gasteiger partial charge on any atom is -0.492 e. The smallest absolute Gasteiger partial charge is 0.279 e. The van der Waals surface area contributed by atoms with E-state index in [0.29, 0.717) is 41.9 Å². The van der Waals surface area contributed by atoms with Crippen molar-refractivity contribution in [2.75, 3.05) is 5.32 Å². The van der Waals surface area contributed by atoms with Crippen molar-refractivity contribution in [3.05, 3.63) is 50.3 Å². The van der Waals surface area contributed by atoms with E-state index in [1.54, 1.807) is 25.1 Å². The van der Waals surface area contributed by atoms with Gasteiger partial charge in [-0.2, -0.15) is 4.98 Å². The summed E-state index contributed by atoms with van der Waals surface area (Å²) in [4.78, 5) is 37.1. The highest BCUT2D eigenvalue weighted by Crippen LogP contribution is 2.36. The van der Waals surface area contributed by atoms with E-state index < -0.39 is 5.91 Å². The monoisotopic (exact) mass is 384 g/mol. The van der Waals surface area contributed by atoms with Crippen LogP contribution in [0.25, 0.3) is 5.57 Å². The van der Waals surface area contributed by atoms with E-state index in [9.17, 15) is 14.7 Å². The molecular weight excluding hydrogens is 372 g/mol. The van der Waals surface area contributed by atoms with Crippen molar-refractivity contribution in [3.8, 4) is 5.88 Å². The fraction of sp³-hybridized carbons (Fsp3) is 0.118. The number of aromatic nitrogens is 2. The number of amides is 1. The average molecular weight is 384 g/mol. The van der Waals surface area contributed by atoms with Gasteiger partial charge in [0.15, 0.2) is 16.0 Å². The molecule has 0 unspecified atom stereocenters. The topological polar surface area (TPSA) is 105 Å². The number of aromatic hydroxyl groups is 1. The number of ketones is 1. The zero-order chi connectivity index (χ0) is 18.4. The maximum absolute atomic E-state index is 12.3. The molecule has 2 aromatic heterocycles. The minimum atomic E-state index is -0.402. The number of rotatable bonds is 4. The van der Waals surface area contributed by atoms with Gasteiger partial charge < -0.3 is 10.4 Å². The summed E-state index contributed by atoms with van der Waals surface area (Å²) in [6.07, 6.45) is 0. The third-order valence-corrected chi connectivity index (χ3v) is 5.93. The van der Waals surface area contributed by atoms with Gasteiger partial charge in [-0.1, -0.05) is 40.9 Å². The third-order valence-electron chi connectivity index (χ3n) is 3.78. The van der Waals surface area contributed by atoms with Crippen LogP contribution in [0.2, 0.25) is 0 Å². The van der Waals surface area contributed by atoms with E-state index >= 15 is 0 Å². The van der Waals surface area contributed by atoms with Crippen LogP contribution in [0, 0.1) is 6.92 Å². The van der Waals surface area contributed by atoms with Gasteiger partial charge >= 0.3 is 0 Å². The van der Waals surface area contributed by atoms with Gasteiger partial charge in [-0.25, -0.2) is 9.98 Å². The normalized spacial score (nSPS) is 12.8. The van der Waals surface area contributed by atoms with Crippen LogP contribution in [0.5, 0.6) is 5.88 Å². The summed E-state index contributed by atoms with van der Waals surface area (Å²) >= 11 is 2.35. The van der Waals surface area contributed by atoms with E-state index in [4.69, 9.17) is 0 Å². The van der Waals surface area contributed by atoms with E-state index in [-0.39, 0.29) is 11.7 Å². The summed E-state index contributed by atoms with van der Waals surface area (Å²) in [6.45, 7) is 3.25. The van der Waals surface area contributed by atoms with Gasteiger partial charge in [-0.05, 0) is 13.0 Å². The lowest BCUT2D eigenvalue weighted by molar-refractivity contribution is -0.112. The molecule has 7 nitrogen and oxygen atoms in total. The fourth-order valence-corrected chi connectivity index (χ4v) is 4.51. The van der Waals surface area contributed by atoms with Gasteiger partial charge in [0.05, 0.1) is 21.5 Å². The number of hydrogen-bond acceptors (Lipinski definition) is 8. The maximum Gasteiger partial charge on any atom is 0.279 e. The van der Waals surface area contributed by atoms with Crippen molar-refractivity contribution in [1.29, 1.82) is 0 Å². The Morgan fingerprint density at radius 1 is 1.15 bits per heavy atom. The number of nitrogens with one attached hydrogen (secondary N) is 1. The Morgan fingerprint density at radius 2 is 1.88 bits per heavy atom. The number of aryl methyl sites for hydroxylation is 1. The number of hydrogen-bond donors (Lipinski definition) is 2. The first-order valence-electron chi connectivity index (χ1n) is 7.62. The molecule has 1 aliphatic heterocycles. The SMILES string of the molecule is CC(=O)c1sc(Nc2nc(O)c(C3=c4ccccc4=NC3=O)s2)nc1C. The van der Waals surface area contributed by atoms with Crippen LogP contribution in [-0.2, 0) is 4.79 Å². The molecule has 1 aromatic carbocycles. The Bertz CT molecular complexity index is 1190. The number of benzene rings is 1. The van der Waals surface area contributed by atoms with Crippen molar-refractivity contribution in [2.24, 2.45) is 4.99 Å². The van der Waals surface area contributed by atoms with Crippen LogP contribution >= 0.6 is 22.7 Å². The number of anilines is 2. The van der Waals surface area contributed by atoms with E-state index in [1.807, 2.05) is 6.07 Å². The van der Waals surface area contributed by atoms with Gasteiger partial charge in [0.1, 0.15) is 4.88 Å². The molecule has 0 saturated carbocycles. The molecule has 1 amide bonds.